The van der Waals surface area contributed by atoms with Gasteiger partial charge < -0.3 is 5.32 Å². The normalized spacial score (nSPS) is 24.2. The first-order valence-electron chi connectivity index (χ1n) is 6.58. The van der Waals surface area contributed by atoms with Gasteiger partial charge in [-0.2, -0.15) is 11.8 Å². The fourth-order valence-electron chi connectivity index (χ4n) is 2.07. The zero-order valence-electron chi connectivity index (χ0n) is 10.7. The van der Waals surface area contributed by atoms with Crippen LogP contribution in [0.25, 0.3) is 0 Å². The first-order valence-corrected chi connectivity index (χ1v) is 8.79. The van der Waals surface area contributed by atoms with Crippen LogP contribution in [0.4, 0.5) is 0 Å². The second-order valence-corrected chi connectivity index (χ2v) is 7.41. The third kappa shape index (κ3) is 3.39. The van der Waals surface area contributed by atoms with Gasteiger partial charge in [0.15, 0.2) is 0 Å². The van der Waals surface area contributed by atoms with Crippen molar-refractivity contribution in [2.24, 2.45) is 0 Å². The highest BCUT2D eigenvalue weighted by Crippen LogP contribution is 2.35. The van der Waals surface area contributed by atoms with Crippen LogP contribution >= 0.6 is 23.5 Å². The van der Waals surface area contributed by atoms with E-state index in [0.29, 0.717) is 5.25 Å². The van der Waals surface area contributed by atoms with Crippen molar-refractivity contribution in [1.29, 1.82) is 0 Å². The van der Waals surface area contributed by atoms with Gasteiger partial charge in [-0.3, -0.25) is 0 Å². The molecular weight excluding hydrogens is 262 g/mol. The molecule has 3 nitrogen and oxygen atoms in total. The summed E-state index contributed by atoms with van der Waals surface area (Å²) in [5.41, 5.74) is 2.25. The van der Waals surface area contributed by atoms with Crippen LogP contribution in [-0.4, -0.2) is 33.3 Å². The Morgan fingerprint density at radius 3 is 2.94 bits per heavy atom. The molecule has 1 atom stereocenters. The van der Waals surface area contributed by atoms with Crippen molar-refractivity contribution in [2.75, 3.05) is 17.3 Å². The van der Waals surface area contributed by atoms with Crippen molar-refractivity contribution in [3.8, 4) is 0 Å². The summed E-state index contributed by atoms with van der Waals surface area (Å²) >= 11 is 4.03. The van der Waals surface area contributed by atoms with E-state index in [1.807, 2.05) is 23.5 Å². The minimum atomic E-state index is 0.489. The van der Waals surface area contributed by atoms with Gasteiger partial charge in [-0.1, -0.05) is 0 Å². The highest BCUT2D eigenvalue weighted by atomic mass is 32.2. The molecule has 2 heterocycles. The fourth-order valence-corrected chi connectivity index (χ4v) is 4.66. The minimum absolute atomic E-state index is 0.489. The Balaban J connectivity index is 1.71. The quantitative estimate of drug-likeness (QED) is 0.918. The van der Waals surface area contributed by atoms with Crippen LogP contribution < -0.4 is 5.32 Å². The SMILES string of the molecule is Cc1cc(CNC2CC2)nc(C2CSCCS2)n1. The molecule has 1 N–H and O–H groups in total. The number of hydrogen-bond donors (Lipinski definition) is 1. The van der Waals surface area contributed by atoms with Crippen molar-refractivity contribution >= 4 is 23.5 Å². The lowest BCUT2D eigenvalue weighted by Gasteiger charge is -2.20. The average Bonchev–Trinajstić information content (AvgIpc) is 3.21. The van der Waals surface area contributed by atoms with E-state index in [-0.39, 0.29) is 0 Å². The summed E-state index contributed by atoms with van der Waals surface area (Å²) in [7, 11) is 0. The lowest BCUT2D eigenvalue weighted by Crippen LogP contribution is -2.18. The molecule has 0 aromatic carbocycles. The Bertz CT molecular complexity index is 415. The molecule has 3 rings (SSSR count). The van der Waals surface area contributed by atoms with E-state index in [2.05, 4.69) is 23.3 Å². The highest BCUT2D eigenvalue weighted by Gasteiger charge is 2.22. The van der Waals surface area contributed by atoms with E-state index in [4.69, 9.17) is 4.98 Å². The first kappa shape index (κ1) is 12.8. The van der Waals surface area contributed by atoms with E-state index in [9.17, 15) is 0 Å². The predicted molar refractivity (Wildman–Crippen MR) is 79.2 cm³/mol. The fraction of sp³-hybridized carbons (Fsp3) is 0.692. The molecule has 0 bridgehead atoms. The van der Waals surface area contributed by atoms with Gasteiger partial charge in [-0.15, -0.1) is 11.8 Å². The Morgan fingerprint density at radius 2 is 2.22 bits per heavy atom. The summed E-state index contributed by atoms with van der Waals surface area (Å²) < 4.78 is 0. The molecule has 1 saturated carbocycles. The van der Waals surface area contributed by atoms with Gasteiger partial charge in [0.1, 0.15) is 5.82 Å². The maximum atomic E-state index is 4.75. The van der Waals surface area contributed by atoms with Gasteiger partial charge in [0.25, 0.3) is 0 Å². The third-order valence-electron chi connectivity index (χ3n) is 3.18. The van der Waals surface area contributed by atoms with E-state index in [1.165, 1.54) is 24.3 Å². The lowest BCUT2D eigenvalue weighted by atomic mass is 10.3. The number of aromatic nitrogens is 2. The monoisotopic (exact) mass is 281 g/mol. The Kier molecular flexibility index (Phi) is 4.11. The lowest BCUT2D eigenvalue weighted by molar-refractivity contribution is 0.666. The largest absolute Gasteiger partial charge is 0.308 e. The summed E-state index contributed by atoms with van der Waals surface area (Å²) in [5.74, 6) is 4.69. The first-order chi connectivity index (χ1) is 8.81. The number of nitrogens with zero attached hydrogens (tertiary/aromatic N) is 2. The summed E-state index contributed by atoms with van der Waals surface area (Å²) in [6.45, 7) is 2.97. The van der Waals surface area contributed by atoms with E-state index < -0.39 is 0 Å². The molecule has 0 amide bonds. The molecule has 1 aromatic heterocycles. The molecule has 5 heteroatoms. The number of aryl methyl sites for hydroxylation is 1. The summed E-state index contributed by atoms with van der Waals surface area (Å²) in [4.78, 5) is 9.38. The zero-order valence-corrected chi connectivity index (χ0v) is 12.3. The van der Waals surface area contributed by atoms with Gasteiger partial charge in [0.05, 0.1) is 10.9 Å². The van der Waals surface area contributed by atoms with Gasteiger partial charge in [0.2, 0.25) is 0 Å². The maximum Gasteiger partial charge on any atom is 0.142 e. The molecule has 98 valence electrons. The molecule has 1 aliphatic carbocycles. The number of hydrogen-bond acceptors (Lipinski definition) is 5. The molecule has 0 spiro atoms. The van der Waals surface area contributed by atoms with Crippen LogP contribution in [0.15, 0.2) is 6.07 Å². The molecule has 1 unspecified atom stereocenters. The molecule has 1 aromatic rings. The second-order valence-electron chi connectivity index (χ2n) is 4.95. The summed E-state index contributed by atoms with van der Waals surface area (Å²) in [6.07, 6.45) is 2.65. The van der Waals surface area contributed by atoms with Crippen LogP contribution in [0.1, 0.15) is 35.3 Å². The van der Waals surface area contributed by atoms with Gasteiger partial charge in [-0.05, 0) is 25.8 Å². The Hall–Kier alpha value is -0.260. The van der Waals surface area contributed by atoms with Crippen molar-refractivity contribution in [3.05, 3.63) is 23.3 Å². The highest BCUT2D eigenvalue weighted by molar-refractivity contribution is 8.06. The Morgan fingerprint density at radius 1 is 1.33 bits per heavy atom. The summed E-state index contributed by atoms with van der Waals surface area (Å²) in [5, 5.41) is 4.02. The maximum absolute atomic E-state index is 4.75. The standard InChI is InChI=1S/C13H19N3S2/c1-9-6-11(7-14-10-2-3-10)16-13(15-9)12-8-17-4-5-18-12/h6,10,12,14H,2-5,7-8H2,1H3. The molecule has 1 aliphatic heterocycles. The van der Waals surface area contributed by atoms with Crippen LogP contribution in [0, 0.1) is 6.92 Å². The second kappa shape index (κ2) is 5.80. The Labute approximate surface area is 117 Å². The van der Waals surface area contributed by atoms with Crippen molar-refractivity contribution in [3.63, 3.8) is 0 Å². The van der Waals surface area contributed by atoms with Gasteiger partial charge in [0, 0.05) is 35.5 Å². The van der Waals surface area contributed by atoms with Crippen molar-refractivity contribution in [2.45, 2.75) is 37.6 Å². The third-order valence-corrected chi connectivity index (χ3v) is 5.93. The van der Waals surface area contributed by atoms with Crippen LogP contribution in [0.3, 0.4) is 0 Å². The molecule has 18 heavy (non-hydrogen) atoms. The number of thioether (sulfide) groups is 2. The molecule has 2 fully saturated rings. The van der Waals surface area contributed by atoms with Crippen LogP contribution in [-0.2, 0) is 6.54 Å². The number of nitrogens with one attached hydrogen (secondary N) is 1. The van der Waals surface area contributed by atoms with Crippen molar-refractivity contribution < 1.29 is 0 Å². The molecule has 0 radical (unpaired) electrons. The molecule has 2 aliphatic rings. The van der Waals surface area contributed by atoms with E-state index in [1.54, 1.807) is 0 Å². The average molecular weight is 281 g/mol. The van der Waals surface area contributed by atoms with Gasteiger partial charge >= 0.3 is 0 Å². The predicted octanol–water partition coefficient (Wildman–Crippen LogP) is 2.56. The van der Waals surface area contributed by atoms with Gasteiger partial charge in [-0.25, -0.2) is 9.97 Å². The summed E-state index contributed by atoms with van der Waals surface area (Å²) in [6, 6.07) is 2.85. The van der Waals surface area contributed by atoms with E-state index in [0.717, 1.165) is 35.6 Å². The van der Waals surface area contributed by atoms with Crippen LogP contribution in [0.2, 0.25) is 0 Å². The number of rotatable bonds is 4. The zero-order chi connectivity index (χ0) is 12.4. The van der Waals surface area contributed by atoms with Crippen molar-refractivity contribution in [1.82, 2.24) is 15.3 Å². The van der Waals surface area contributed by atoms with Crippen LogP contribution in [0.5, 0.6) is 0 Å². The topological polar surface area (TPSA) is 37.8 Å². The smallest absolute Gasteiger partial charge is 0.142 e. The van der Waals surface area contributed by atoms with E-state index >= 15 is 0 Å². The molecular formula is C13H19N3S2. The molecule has 1 saturated heterocycles. The minimum Gasteiger partial charge on any atom is -0.308 e.